The van der Waals surface area contributed by atoms with E-state index in [0.717, 1.165) is 0 Å². The number of alkyl halides is 6. The minimum Gasteiger partial charge on any atom is -0.466 e. The van der Waals surface area contributed by atoms with Crippen LogP contribution in [0.5, 0.6) is 5.75 Å². The van der Waals surface area contributed by atoms with Crippen molar-refractivity contribution in [1.82, 2.24) is 0 Å². The molecule has 0 amide bonds. The van der Waals surface area contributed by atoms with Gasteiger partial charge in [0.1, 0.15) is 5.02 Å². The maximum atomic E-state index is 13.5. The molecule has 0 heterocycles. The number of nitrogen functional groups attached to an aromatic ring is 2. The molecule has 1 aromatic rings. The summed E-state index contributed by atoms with van der Waals surface area (Å²) in [5.41, 5.74) is 8.93. The van der Waals surface area contributed by atoms with Crippen LogP contribution >= 0.6 is 11.6 Å². The molecular weight excluding hydrogens is 321 g/mol. The predicted octanol–water partition coefficient (Wildman–Crippen LogP) is 3.52. The van der Waals surface area contributed by atoms with E-state index in [1.165, 1.54) is 0 Å². The fourth-order valence-corrected chi connectivity index (χ4v) is 1.35. The Kier molecular flexibility index (Phi) is 4.18. The number of nitrogens with two attached hydrogens (primary N) is 2. The van der Waals surface area contributed by atoms with Gasteiger partial charge in [-0.2, -0.15) is 26.3 Å². The summed E-state index contributed by atoms with van der Waals surface area (Å²) in [4.78, 5) is 0. The Morgan fingerprint density at radius 1 is 1.00 bits per heavy atom. The van der Waals surface area contributed by atoms with Crippen molar-refractivity contribution < 1.29 is 35.5 Å². The largest absolute Gasteiger partial charge is 0.466 e. The Hall–Kier alpha value is -1.58. The molecule has 0 bridgehead atoms. The molecular formula is C9H6ClF7N2O. The molecule has 0 aliphatic rings. The summed E-state index contributed by atoms with van der Waals surface area (Å²) in [5.74, 6) is -3.17. The third-order valence-corrected chi connectivity index (χ3v) is 2.43. The summed E-state index contributed by atoms with van der Waals surface area (Å²) in [6.07, 6.45) is -15.9. The second-order valence-corrected chi connectivity index (χ2v) is 3.97. The summed E-state index contributed by atoms with van der Waals surface area (Å²) >= 11 is 5.27. The van der Waals surface area contributed by atoms with Crippen molar-refractivity contribution in [3.63, 3.8) is 0 Å². The average Bonchev–Trinajstić information content (AvgIpc) is 2.22. The second-order valence-electron chi connectivity index (χ2n) is 3.59. The van der Waals surface area contributed by atoms with Crippen molar-refractivity contribution >= 4 is 23.0 Å². The van der Waals surface area contributed by atoms with Crippen molar-refractivity contribution in [1.29, 1.82) is 0 Å². The van der Waals surface area contributed by atoms with E-state index >= 15 is 0 Å². The van der Waals surface area contributed by atoms with Gasteiger partial charge in [-0.3, -0.25) is 0 Å². The molecule has 0 aliphatic heterocycles. The molecule has 0 saturated heterocycles. The Morgan fingerprint density at radius 3 is 1.85 bits per heavy atom. The molecule has 1 rings (SSSR count). The van der Waals surface area contributed by atoms with Crippen molar-refractivity contribution in [3.8, 4) is 5.75 Å². The molecule has 0 saturated carbocycles. The summed E-state index contributed by atoms with van der Waals surface area (Å²) in [6, 6.07) is 0.685. The van der Waals surface area contributed by atoms with Crippen LogP contribution in [0.1, 0.15) is 0 Å². The smallest absolute Gasteiger partial charge is 0.434 e. The van der Waals surface area contributed by atoms with E-state index in [-0.39, 0.29) is 0 Å². The van der Waals surface area contributed by atoms with E-state index in [1.54, 1.807) is 0 Å². The maximum Gasteiger partial charge on any atom is 0.434 e. The van der Waals surface area contributed by atoms with Gasteiger partial charge in [-0.1, -0.05) is 11.6 Å². The summed E-state index contributed by atoms with van der Waals surface area (Å²) in [5, 5.41) is -0.891. The highest BCUT2D eigenvalue weighted by Crippen LogP contribution is 2.41. The first kappa shape index (κ1) is 16.5. The van der Waals surface area contributed by atoms with E-state index in [9.17, 15) is 30.7 Å². The molecule has 0 aliphatic carbocycles. The average molecular weight is 327 g/mol. The fraction of sp³-hybridized carbons (Fsp3) is 0.333. The minimum absolute atomic E-state index is 0.454. The Labute approximate surface area is 112 Å². The third-order valence-electron chi connectivity index (χ3n) is 2.05. The van der Waals surface area contributed by atoms with Crippen molar-refractivity contribution in [2.75, 3.05) is 11.5 Å². The zero-order valence-corrected chi connectivity index (χ0v) is 10.00. The van der Waals surface area contributed by atoms with Gasteiger partial charge in [0.25, 0.3) is 6.10 Å². The zero-order valence-electron chi connectivity index (χ0n) is 9.24. The molecule has 0 atom stereocenters. The van der Waals surface area contributed by atoms with Gasteiger partial charge in [0.2, 0.25) is 0 Å². The molecule has 20 heavy (non-hydrogen) atoms. The number of ether oxygens (including phenoxy) is 1. The third kappa shape index (κ3) is 3.30. The maximum absolute atomic E-state index is 13.5. The Bertz CT molecular complexity index is 500. The van der Waals surface area contributed by atoms with E-state index in [1.807, 2.05) is 0 Å². The Morgan fingerprint density at radius 2 is 1.45 bits per heavy atom. The molecule has 1 aromatic carbocycles. The van der Waals surface area contributed by atoms with Crippen LogP contribution < -0.4 is 16.2 Å². The summed E-state index contributed by atoms with van der Waals surface area (Å²) < 4.78 is 90.8. The standard InChI is InChI=1S/C9H6ClF7N2O/c10-4-2(18)1-3(19)6(5(4)11)20-7(8(12,13)14)9(15,16)17/h1,7H,18-19H2. The zero-order chi connectivity index (χ0) is 15.9. The first-order valence-corrected chi connectivity index (χ1v) is 5.06. The SMILES string of the molecule is Nc1cc(N)c(OC(C(F)(F)F)C(F)(F)F)c(F)c1Cl. The van der Waals surface area contributed by atoms with Crippen LogP contribution in [0.25, 0.3) is 0 Å². The van der Waals surface area contributed by atoms with E-state index in [0.29, 0.717) is 6.07 Å². The number of halogens is 8. The minimum atomic E-state index is -5.81. The van der Waals surface area contributed by atoms with E-state index < -0.39 is 46.4 Å². The lowest BCUT2D eigenvalue weighted by Crippen LogP contribution is -2.46. The van der Waals surface area contributed by atoms with Crippen LogP contribution in [0.3, 0.4) is 0 Å². The molecule has 0 aromatic heterocycles. The fourth-order valence-electron chi connectivity index (χ4n) is 1.21. The highest BCUT2D eigenvalue weighted by molar-refractivity contribution is 6.33. The van der Waals surface area contributed by atoms with Gasteiger partial charge in [0.15, 0.2) is 11.6 Å². The van der Waals surface area contributed by atoms with Crippen LogP contribution in [0, 0.1) is 5.82 Å². The number of benzene rings is 1. The topological polar surface area (TPSA) is 61.3 Å². The molecule has 0 spiro atoms. The lowest BCUT2D eigenvalue weighted by atomic mass is 10.2. The van der Waals surface area contributed by atoms with Crippen LogP contribution in [0.15, 0.2) is 6.07 Å². The van der Waals surface area contributed by atoms with Gasteiger partial charge in [-0.25, -0.2) is 4.39 Å². The number of rotatable bonds is 2. The van der Waals surface area contributed by atoms with Crippen LogP contribution in [-0.4, -0.2) is 18.5 Å². The van der Waals surface area contributed by atoms with Gasteiger partial charge >= 0.3 is 12.4 Å². The molecule has 3 nitrogen and oxygen atoms in total. The molecule has 0 radical (unpaired) electrons. The first-order chi connectivity index (χ1) is 8.85. The van der Waals surface area contributed by atoms with Gasteiger partial charge in [0, 0.05) is 0 Å². The van der Waals surface area contributed by atoms with Crippen molar-refractivity contribution in [2.24, 2.45) is 0 Å². The summed E-state index contributed by atoms with van der Waals surface area (Å²) in [6.45, 7) is 0. The molecule has 0 unspecified atom stereocenters. The lowest BCUT2D eigenvalue weighted by Gasteiger charge is -2.25. The molecule has 4 N–H and O–H groups in total. The van der Waals surface area contributed by atoms with Crippen LogP contribution in [0.4, 0.5) is 42.1 Å². The molecule has 0 fully saturated rings. The second kappa shape index (κ2) is 5.08. The van der Waals surface area contributed by atoms with E-state index in [4.69, 9.17) is 23.1 Å². The van der Waals surface area contributed by atoms with E-state index in [2.05, 4.69) is 4.74 Å². The number of hydrogen-bond donors (Lipinski definition) is 2. The van der Waals surface area contributed by atoms with Gasteiger partial charge in [0.05, 0.1) is 11.4 Å². The van der Waals surface area contributed by atoms with Gasteiger partial charge < -0.3 is 16.2 Å². The molecule has 11 heteroatoms. The predicted molar refractivity (Wildman–Crippen MR) is 56.8 cm³/mol. The quantitative estimate of drug-likeness (QED) is 0.646. The Balaban J connectivity index is 3.30. The number of anilines is 2. The van der Waals surface area contributed by atoms with Gasteiger partial charge in [-0.15, -0.1) is 0 Å². The van der Waals surface area contributed by atoms with Crippen LogP contribution in [0.2, 0.25) is 5.02 Å². The molecule has 114 valence electrons. The monoisotopic (exact) mass is 326 g/mol. The van der Waals surface area contributed by atoms with Crippen molar-refractivity contribution in [3.05, 3.63) is 16.9 Å². The highest BCUT2D eigenvalue weighted by atomic mass is 35.5. The summed E-state index contributed by atoms with van der Waals surface area (Å²) in [7, 11) is 0. The van der Waals surface area contributed by atoms with Gasteiger partial charge in [-0.05, 0) is 6.07 Å². The first-order valence-electron chi connectivity index (χ1n) is 4.68. The lowest BCUT2D eigenvalue weighted by molar-refractivity contribution is -0.300. The highest BCUT2D eigenvalue weighted by Gasteiger charge is 2.59. The number of hydrogen-bond acceptors (Lipinski definition) is 3. The normalized spacial score (nSPS) is 12.8. The van der Waals surface area contributed by atoms with Crippen molar-refractivity contribution in [2.45, 2.75) is 18.5 Å². The van der Waals surface area contributed by atoms with Crippen LogP contribution in [-0.2, 0) is 0 Å².